The minimum absolute atomic E-state index is 0.250. The number of sulfonamides is 1. The van der Waals surface area contributed by atoms with Gasteiger partial charge in [0.2, 0.25) is 0 Å². The van der Waals surface area contributed by atoms with Crippen LogP contribution in [0.3, 0.4) is 0 Å². The molecule has 1 fully saturated rings. The Balaban J connectivity index is 1.92. The molecule has 0 radical (unpaired) electrons. The Kier molecular flexibility index (Phi) is 4.33. The summed E-state index contributed by atoms with van der Waals surface area (Å²) in [6.07, 6.45) is 1.55. The van der Waals surface area contributed by atoms with Gasteiger partial charge < -0.3 is 4.52 Å². The first-order valence-electron chi connectivity index (χ1n) is 7.13. The molecule has 1 aliphatic heterocycles. The topological polar surface area (TPSA) is 63.4 Å². The highest BCUT2D eigenvalue weighted by molar-refractivity contribution is 7.91. The summed E-state index contributed by atoms with van der Waals surface area (Å²) in [5, 5.41) is 4.04. The van der Waals surface area contributed by atoms with Gasteiger partial charge in [0, 0.05) is 12.6 Å². The average Bonchev–Trinajstić information content (AvgIpc) is 3.18. The molecule has 0 amide bonds. The van der Waals surface area contributed by atoms with E-state index in [2.05, 4.69) is 5.16 Å². The quantitative estimate of drug-likeness (QED) is 0.825. The standard InChI is InChI=1S/C14H17ClN2O3S2/c1-9(2)10-8-12(20-16-10)11-4-3-7-17(11)22(18,19)14-6-5-13(15)21-14/h5-6,8-9,11H,3-4,7H2,1-2H3/t11-/m0/s1. The van der Waals surface area contributed by atoms with Crippen LogP contribution < -0.4 is 0 Å². The van der Waals surface area contributed by atoms with E-state index in [1.54, 1.807) is 12.1 Å². The van der Waals surface area contributed by atoms with Crippen LogP contribution in [0.25, 0.3) is 0 Å². The molecule has 3 heterocycles. The Morgan fingerprint density at radius 2 is 2.23 bits per heavy atom. The first-order chi connectivity index (χ1) is 10.4. The van der Waals surface area contributed by atoms with E-state index < -0.39 is 10.0 Å². The van der Waals surface area contributed by atoms with Gasteiger partial charge in [-0.15, -0.1) is 11.3 Å². The first-order valence-corrected chi connectivity index (χ1v) is 9.76. The summed E-state index contributed by atoms with van der Waals surface area (Å²) in [7, 11) is -3.55. The molecule has 1 aliphatic rings. The highest BCUT2D eigenvalue weighted by Crippen LogP contribution is 2.39. The lowest BCUT2D eigenvalue weighted by molar-refractivity contribution is 0.296. The largest absolute Gasteiger partial charge is 0.359 e. The minimum atomic E-state index is -3.55. The van der Waals surface area contributed by atoms with Gasteiger partial charge in [-0.3, -0.25) is 0 Å². The van der Waals surface area contributed by atoms with Crippen molar-refractivity contribution >= 4 is 33.0 Å². The lowest BCUT2D eigenvalue weighted by atomic mass is 10.1. The van der Waals surface area contributed by atoms with Gasteiger partial charge in [0.1, 0.15) is 4.21 Å². The second kappa shape index (κ2) is 5.96. The van der Waals surface area contributed by atoms with Gasteiger partial charge in [0.05, 0.1) is 16.1 Å². The molecule has 1 saturated heterocycles. The van der Waals surface area contributed by atoms with E-state index in [9.17, 15) is 8.42 Å². The van der Waals surface area contributed by atoms with E-state index in [1.165, 1.54) is 4.31 Å². The van der Waals surface area contributed by atoms with E-state index in [4.69, 9.17) is 16.1 Å². The molecule has 0 aliphatic carbocycles. The summed E-state index contributed by atoms with van der Waals surface area (Å²) in [6, 6.07) is 4.74. The molecule has 5 nitrogen and oxygen atoms in total. The second-order valence-electron chi connectivity index (χ2n) is 5.64. The molecule has 22 heavy (non-hydrogen) atoms. The van der Waals surface area contributed by atoms with Crippen molar-refractivity contribution in [3.63, 3.8) is 0 Å². The normalized spacial score (nSPS) is 20.1. The molecule has 0 unspecified atom stereocenters. The number of rotatable bonds is 4. The number of halogens is 1. The van der Waals surface area contributed by atoms with Crippen LogP contribution >= 0.6 is 22.9 Å². The van der Waals surface area contributed by atoms with Crippen molar-refractivity contribution in [1.29, 1.82) is 0 Å². The average molecular weight is 361 g/mol. The molecule has 0 saturated carbocycles. The van der Waals surface area contributed by atoms with Gasteiger partial charge in [-0.1, -0.05) is 30.6 Å². The molecular weight excluding hydrogens is 344 g/mol. The third-order valence-corrected chi connectivity index (χ3v) is 7.39. The predicted molar refractivity (Wildman–Crippen MR) is 85.8 cm³/mol. The smallest absolute Gasteiger partial charge is 0.253 e. The summed E-state index contributed by atoms with van der Waals surface area (Å²) >= 11 is 6.95. The molecule has 0 bridgehead atoms. The van der Waals surface area contributed by atoms with E-state index in [-0.39, 0.29) is 16.2 Å². The zero-order chi connectivity index (χ0) is 15.9. The fourth-order valence-corrected chi connectivity index (χ4v) is 5.87. The Labute approximate surface area is 138 Å². The van der Waals surface area contributed by atoms with Crippen LogP contribution in [-0.4, -0.2) is 24.4 Å². The molecule has 1 atom stereocenters. The molecule has 2 aromatic rings. The van der Waals surface area contributed by atoms with Crippen LogP contribution in [0.4, 0.5) is 0 Å². The van der Waals surface area contributed by atoms with Crippen LogP contribution in [0.2, 0.25) is 4.34 Å². The van der Waals surface area contributed by atoms with Crippen LogP contribution in [0, 0.1) is 0 Å². The molecule has 120 valence electrons. The fraction of sp³-hybridized carbons (Fsp3) is 0.500. The minimum Gasteiger partial charge on any atom is -0.359 e. The Bertz CT molecular complexity index is 767. The fourth-order valence-electron chi connectivity index (χ4n) is 2.60. The monoisotopic (exact) mass is 360 g/mol. The van der Waals surface area contributed by atoms with Gasteiger partial charge in [-0.25, -0.2) is 8.42 Å². The van der Waals surface area contributed by atoms with Crippen LogP contribution in [-0.2, 0) is 10.0 Å². The van der Waals surface area contributed by atoms with Gasteiger partial charge in [-0.05, 0) is 30.9 Å². The SMILES string of the molecule is CC(C)c1cc([C@@H]2CCCN2S(=O)(=O)c2ccc(Cl)s2)on1. The van der Waals surface area contributed by atoms with Gasteiger partial charge >= 0.3 is 0 Å². The van der Waals surface area contributed by atoms with E-state index >= 15 is 0 Å². The first kappa shape index (κ1) is 16.0. The lowest BCUT2D eigenvalue weighted by Crippen LogP contribution is -2.30. The van der Waals surface area contributed by atoms with Crippen molar-refractivity contribution in [1.82, 2.24) is 9.46 Å². The third kappa shape index (κ3) is 2.82. The van der Waals surface area contributed by atoms with E-state index in [1.807, 2.05) is 19.9 Å². The lowest BCUT2D eigenvalue weighted by Gasteiger charge is -2.21. The van der Waals surface area contributed by atoms with Crippen molar-refractivity contribution in [2.75, 3.05) is 6.54 Å². The summed E-state index contributed by atoms with van der Waals surface area (Å²) in [5.74, 6) is 0.868. The van der Waals surface area contributed by atoms with Gasteiger partial charge in [-0.2, -0.15) is 4.31 Å². The number of hydrogen-bond acceptors (Lipinski definition) is 5. The highest BCUT2D eigenvalue weighted by Gasteiger charge is 2.39. The Hall–Kier alpha value is -0.890. The summed E-state index contributed by atoms with van der Waals surface area (Å²) in [5.41, 5.74) is 0.846. The maximum atomic E-state index is 12.8. The van der Waals surface area contributed by atoms with Crippen molar-refractivity contribution in [2.45, 2.75) is 42.9 Å². The second-order valence-corrected chi connectivity index (χ2v) is 9.47. The van der Waals surface area contributed by atoms with Crippen molar-refractivity contribution in [2.24, 2.45) is 0 Å². The zero-order valence-corrected chi connectivity index (χ0v) is 14.7. The Morgan fingerprint density at radius 3 is 2.82 bits per heavy atom. The number of aromatic nitrogens is 1. The molecular formula is C14H17ClN2O3S2. The van der Waals surface area contributed by atoms with E-state index in [0.717, 1.165) is 29.9 Å². The molecule has 2 aromatic heterocycles. The summed E-state index contributed by atoms with van der Waals surface area (Å²) < 4.78 is 33.2. The van der Waals surface area contributed by atoms with Crippen molar-refractivity contribution in [3.05, 3.63) is 34.0 Å². The third-order valence-electron chi connectivity index (χ3n) is 3.78. The number of thiophene rings is 1. The maximum Gasteiger partial charge on any atom is 0.253 e. The summed E-state index contributed by atoms with van der Waals surface area (Å²) in [6.45, 7) is 4.54. The molecule has 0 spiro atoms. The maximum absolute atomic E-state index is 12.8. The van der Waals surface area contributed by atoms with Crippen molar-refractivity contribution < 1.29 is 12.9 Å². The van der Waals surface area contributed by atoms with Gasteiger partial charge in [0.15, 0.2) is 5.76 Å². The van der Waals surface area contributed by atoms with Crippen LogP contribution in [0.1, 0.15) is 50.1 Å². The number of hydrogen-bond donors (Lipinski definition) is 0. The highest BCUT2D eigenvalue weighted by atomic mass is 35.5. The van der Waals surface area contributed by atoms with Crippen molar-refractivity contribution in [3.8, 4) is 0 Å². The predicted octanol–water partition coefficient (Wildman–Crippen LogP) is 4.04. The van der Waals surface area contributed by atoms with Crippen LogP contribution in [0.5, 0.6) is 0 Å². The number of nitrogens with zero attached hydrogens (tertiary/aromatic N) is 2. The Morgan fingerprint density at radius 1 is 1.45 bits per heavy atom. The molecule has 0 N–H and O–H groups in total. The molecule has 3 rings (SSSR count). The molecule has 8 heteroatoms. The zero-order valence-electron chi connectivity index (χ0n) is 12.3. The van der Waals surface area contributed by atoms with Crippen LogP contribution in [0.15, 0.2) is 26.9 Å². The van der Waals surface area contributed by atoms with E-state index in [0.29, 0.717) is 16.6 Å². The van der Waals surface area contributed by atoms with Gasteiger partial charge in [0.25, 0.3) is 10.0 Å². The molecule has 0 aromatic carbocycles. The summed E-state index contributed by atoms with van der Waals surface area (Å²) in [4.78, 5) is 0.